The van der Waals surface area contributed by atoms with E-state index in [1.165, 1.54) is 0 Å². The van der Waals surface area contributed by atoms with Gasteiger partial charge in [0, 0.05) is 18.1 Å². The van der Waals surface area contributed by atoms with Gasteiger partial charge in [0.15, 0.2) is 5.82 Å². The zero-order valence-corrected chi connectivity index (χ0v) is 12.6. The van der Waals surface area contributed by atoms with Gasteiger partial charge in [-0.15, -0.1) is 0 Å². The minimum absolute atomic E-state index is 0.227. The number of nitrogens with zero attached hydrogens (tertiary/aromatic N) is 2. The minimum atomic E-state index is 0.227. The average Bonchev–Trinajstić information content (AvgIpc) is 3.16. The van der Waals surface area contributed by atoms with Gasteiger partial charge in [-0.3, -0.25) is 0 Å². The Hall–Kier alpha value is -1.59. The van der Waals surface area contributed by atoms with E-state index in [1.54, 1.807) is 6.07 Å². The highest BCUT2D eigenvalue weighted by molar-refractivity contribution is 6.32. The molecule has 112 valence electrons. The van der Waals surface area contributed by atoms with E-state index in [2.05, 4.69) is 17.1 Å². The van der Waals surface area contributed by atoms with Crippen LogP contribution in [0.25, 0.3) is 11.5 Å². The number of hydrogen-bond acceptors (Lipinski definition) is 5. The summed E-state index contributed by atoms with van der Waals surface area (Å²) in [7, 11) is 0. The van der Waals surface area contributed by atoms with E-state index in [4.69, 9.17) is 25.6 Å². The molecule has 0 unspecified atom stereocenters. The zero-order valence-electron chi connectivity index (χ0n) is 11.8. The number of aromatic nitrogens is 2. The van der Waals surface area contributed by atoms with E-state index in [0.29, 0.717) is 35.7 Å². The number of rotatable bonds is 5. The lowest BCUT2D eigenvalue weighted by Gasteiger charge is -2.06. The van der Waals surface area contributed by atoms with Crippen LogP contribution in [-0.4, -0.2) is 30.0 Å². The van der Waals surface area contributed by atoms with Crippen LogP contribution < -0.4 is 4.74 Å². The van der Waals surface area contributed by atoms with Gasteiger partial charge in [0.25, 0.3) is 5.89 Å². The van der Waals surface area contributed by atoms with Crippen LogP contribution in [0.4, 0.5) is 0 Å². The molecule has 1 aliphatic heterocycles. The van der Waals surface area contributed by atoms with Crippen molar-refractivity contribution >= 4 is 11.6 Å². The summed E-state index contributed by atoms with van der Waals surface area (Å²) in [5.74, 6) is 2.07. The Kier molecular flexibility index (Phi) is 4.41. The second kappa shape index (κ2) is 6.45. The standard InChI is InChI=1S/C15H17ClN2O3/c1-2-6-20-13-4-3-10(8-12(13)16)15-17-14(18-21-15)11-5-7-19-9-11/h3-4,8,11H,2,5-7,9H2,1H3/t11-/m1/s1. The number of hydrogen-bond donors (Lipinski definition) is 0. The van der Waals surface area contributed by atoms with Gasteiger partial charge < -0.3 is 14.0 Å². The minimum Gasteiger partial charge on any atom is -0.492 e. The molecule has 1 aromatic carbocycles. The van der Waals surface area contributed by atoms with Crippen molar-refractivity contribution in [2.75, 3.05) is 19.8 Å². The maximum absolute atomic E-state index is 6.21. The first-order valence-corrected chi connectivity index (χ1v) is 7.49. The average molecular weight is 309 g/mol. The summed E-state index contributed by atoms with van der Waals surface area (Å²) in [5, 5.41) is 4.58. The molecule has 1 aliphatic rings. The molecule has 1 aromatic heterocycles. The van der Waals surface area contributed by atoms with Crippen LogP contribution in [0.5, 0.6) is 5.75 Å². The molecule has 1 fully saturated rings. The fourth-order valence-corrected chi connectivity index (χ4v) is 2.45. The Labute approximate surface area is 128 Å². The molecule has 5 nitrogen and oxygen atoms in total. The Bertz CT molecular complexity index is 609. The van der Waals surface area contributed by atoms with E-state index in [-0.39, 0.29) is 5.92 Å². The van der Waals surface area contributed by atoms with E-state index in [0.717, 1.165) is 25.0 Å². The Morgan fingerprint density at radius 3 is 3.05 bits per heavy atom. The van der Waals surface area contributed by atoms with Gasteiger partial charge in [-0.1, -0.05) is 23.7 Å². The summed E-state index contributed by atoms with van der Waals surface area (Å²) in [6.07, 6.45) is 1.87. The molecule has 2 heterocycles. The third-order valence-electron chi connectivity index (χ3n) is 3.38. The zero-order chi connectivity index (χ0) is 14.7. The summed E-state index contributed by atoms with van der Waals surface area (Å²) < 4.78 is 16.2. The number of ether oxygens (including phenoxy) is 2. The molecule has 6 heteroatoms. The quantitative estimate of drug-likeness (QED) is 0.843. The molecule has 0 saturated carbocycles. The molecular formula is C15H17ClN2O3. The van der Waals surface area contributed by atoms with Gasteiger partial charge in [-0.2, -0.15) is 4.98 Å². The SMILES string of the molecule is CCCOc1ccc(-c2nc([C@@H]3CCOC3)no2)cc1Cl. The van der Waals surface area contributed by atoms with Crippen LogP contribution >= 0.6 is 11.6 Å². The lowest BCUT2D eigenvalue weighted by atomic mass is 10.1. The van der Waals surface area contributed by atoms with E-state index < -0.39 is 0 Å². The van der Waals surface area contributed by atoms with Crippen LogP contribution in [-0.2, 0) is 4.74 Å². The van der Waals surface area contributed by atoms with Crippen molar-refractivity contribution in [2.24, 2.45) is 0 Å². The van der Waals surface area contributed by atoms with Crippen molar-refractivity contribution in [1.82, 2.24) is 10.1 Å². The monoisotopic (exact) mass is 308 g/mol. The van der Waals surface area contributed by atoms with E-state index in [9.17, 15) is 0 Å². The first-order chi connectivity index (χ1) is 10.3. The van der Waals surface area contributed by atoms with Crippen molar-refractivity contribution < 1.29 is 14.0 Å². The summed E-state index contributed by atoms with van der Waals surface area (Å²) >= 11 is 6.21. The predicted octanol–water partition coefficient (Wildman–Crippen LogP) is 3.68. The first kappa shape index (κ1) is 14.4. The lowest BCUT2D eigenvalue weighted by molar-refractivity contribution is 0.192. The fraction of sp³-hybridized carbons (Fsp3) is 0.467. The van der Waals surface area contributed by atoms with Gasteiger partial charge in [0.05, 0.1) is 18.2 Å². The normalized spacial score (nSPS) is 18.1. The van der Waals surface area contributed by atoms with Crippen LogP contribution in [0.2, 0.25) is 5.02 Å². The second-order valence-corrected chi connectivity index (χ2v) is 5.42. The van der Waals surface area contributed by atoms with Crippen molar-refractivity contribution in [3.05, 3.63) is 29.0 Å². The van der Waals surface area contributed by atoms with Crippen LogP contribution in [0.3, 0.4) is 0 Å². The number of benzene rings is 1. The molecule has 1 atom stereocenters. The third kappa shape index (κ3) is 3.19. The molecule has 0 spiro atoms. The Balaban J connectivity index is 1.78. The molecular weight excluding hydrogens is 292 g/mol. The topological polar surface area (TPSA) is 57.4 Å². The highest BCUT2D eigenvalue weighted by atomic mass is 35.5. The highest BCUT2D eigenvalue weighted by Gasteiger charge is 2.23. The Morgan fingerprint density at radius 2 is 2.33 bits per heavy atom. The summed E-state index contributed by atoms with van der Waals surface area (Å²) in [5.41, 5.74) is 0.793. The van der Waals surface area contributed by atoms with Crippen LogP contribution in [0.15, 0.2) is 22.7 Å². The van der Waals surface area contributed by atoms with Crippen LogP contribution in [0.1, 0.15) is 31.5 Å². The van der Waals surface area contributed by atoms with Crippen molar-refractivity contribution in [2.45, 2.75) is 25.7 Å². The van der Waals surface area contributed by atoms with Crippen LogP contribution in [0, 0.1) is 0 Å². The summed E-state index contributed by atoms with van der Waals surface area (Å²) in [6.45, 7) is 4.10. The molecule has 0 radical (unpaired) electrons. The fourth-order valence-electron chi connectivity index (χ4n) is 2.22. The maximum Gasteiger partial charge on any atom is 0.257 e. The molecule has 1 saturated heterocycles. The lowest BCUT2D eigenvalue weighted by Crippen LogP contribution is -1.99. The van der Waals surface area contributed by atoms with Gasteiger partial charge in [0.2, 0.25) is 0 Å². The molecule has 0 N–H and O–H groups in total. The maximum atomic E-state index is 6.21. The molecule has 3 rings (SSSR count). The third-order valence-corrected chi connectivity index (χ3v) is 3.67. The predicted molar refractivity (Wildman–Crippen MR) is 78.7 cm³/mol. The van der Waals surface area contributed by atoms with E-state index in [1.807, 2.05) is 12.1 Å². The molecule has 2 aromatic rings. The molecule has 0 aliphatic carbocycles. The van der Waals surface area contributed by atoms with Crippen molar-refractivity contribution in [3.8, 4) is 17.2 Å². The molecule has 0 bridgehead atoms. The highest BCUT2D eigenvalue weighted by Crippen LogP contribution is 2.31. The summed E-state index contributed by atoms with van der Waals surface area (Å²) in [4.78, 5) is 4.44. The Morgan fingerprint density at radius 1 is 1.43 bits per heavy atom. The van der Waals surface area contributed by atoms with Gasteiger partial charge in [0.1, 0.15) is 5.75 Å². The second-order valence-electron chi connectivity index (χ2n) is 5.01. The largest absolute Gasteiger partial charge is 0.492 e. The van der Waals surface area contributed by atoms with Crippen molar-refractivity contribution in [3.63, 3.8) is 0 Å². The first-order valence-electron chi connectivity index (χ1n) is 7.12. The molecule has 0 amide bonds. The van der Waals surface area contributed by atoms with E-state index >= 15 is 0 Å². The molecule has 21 heavy (non-hydrogen) atoms. The van der Waals surface area contributed by atoms with Gasteiger partial charge >= 0.3 is 0 Å². The van der Waals surface area contributed by atoms with Gasteiger partial charge in [-0.05, 0) is 31.0 Å². The smallest absolute Gasteiger partial charge is 0.257 e. The van der Waals surface area contributed by atoms with Gasteiger partial charge in [-0.25, -0.2) is 0 Å². The number of halogens is 1. The summed E-state index contributed by atoms with van der Waals surface area (Å²) in [6, 6.07) is 5.49. The van der Waals surface area contributed by atoms with Crippen molar-refractivity contribution in [1.29, 1.82) is 0 Å².